The molecule has 26 heavy (non-hydrogen) atoms. The number of urea groups is 1. The predicted octanol–water partition coefficient (Wildman–Crippen LogP) is 1.61. The van der Waals surface area contributed by atoms with E-state index in [1.165, 1.54) is 12.2 Å². The van der Waals surface area contributed by atoms with E-state index < -0.39 is 24.5 Å². The monoisotopic (exact) mass is 380 g/mol. The molecule has 2 aliphatic rings. The van der Waals surface area contributed by atoms with Crippen LogP contribution in [0.3, 0.4) is 0 Å². The van der Waals surface area contributed by atoms with Gasteiger partial charge in [-0.1, -0.05) is 11.6 Å². The number of hydrogen-bond donors (Lipinski definition) is 1. The number of benzene rings is 1. The number of nitrogens with one attached hydrogen (secondary N) is 1. The summed E-state index contributed by atoms with van der Waals surface area (Å²) in [5, 5.41) is 2.88. The number of carbonyl (C=O) groups is 3. The molecule has 0 saturated carbocycles. The number of ether oxygens (including phenoxy) is 3. The van der Waals surface area contributed by atoms with E-state index in [0.29, 0.717) is 41.8 Å². The zero-order valence-corrected chi connectivity index (χ0v) is 14.6. The molecule has 0 unspecified atom stereocenters. The molecule has 8 nitrogen and oxygen atoms in total. The summed E-state index contributed by atoms with van der Waals surface area (Å²) in [7, 11) is 0. The second-order valence-electron chi connectivity index (χ2n) is 5.60. The molecule has 0 aromatic heterocycles. The second kappa shape index (κ2) is 8.09. The highest BCUT2D eigenvalue weighted by atomic mass is 35.5. The van der Waals surface area contributed by atoms with E-state index >= 15 is 0 Å². The average Bonchev–Trinajstić information content (AvgIpc) is 2.90. The topological polar surface area (TPSA) is 94.2 Å². The molecule has 1 aromatic carbocycles. The first-order valence-electron chi connectivity index (χ1n) is 8.07. The largest absolute Gasteiger partial charge is 0.489 e. The van der Waals surface area contributed by atoms with Crippen LogP contribution < -0.4 is 14.8 Å². The fourth-order valence-electron chi connectivity index (χ4n) is 2.48. The predicted molar refractivity (Wildman–Crippen MR) is 92.2 cm³/mol. The van der Waals surface area contributed by atoms with Crippen LogP contribution >= 0.6 is 11.6 Å². The molecule has 0 atom stereocenters. The van der Waals surface area contributed by atoms with E-state index in [4.69, 9.17) is 25.8 Å². The first-order valence-corrected chi connectivity index (χ1v) is 8.44. The molecule has 9 heteroatoms. The molecule has 2 aliphatic heterocycles. The van der Waals surface area contributed by atoms with Gasteiger partial charge in [0.15, 0.2) is 18.1 Å². The number of imide groups is 1. The molecule has 1 N–H and O–H groups in total. The van der Waals surface area contributed by atoms with Crippen LogP contribution in [-0.2, 0) is 14.3 Å². The Morgan fingerprint density at radius 2 is 2.12 bits per heavy atom. The van der Waals surface area contributed by atoms with Gasteiger partial charge in [0.05, 0.1) is 18.2 Å². The second-order valence-corrected chi connectivity index (χ2v) is 6.01. The minimum atomic E-state index is -0.707. The Labute approximate surface area is 154 Å². The van der Waals surface area contributed by atoms with Gasteiger partial charge in [0.1, 0.15) is 0 Å². The fourth-order valence-corrected chi connectivity index (χ4v) is 2.75. The summed E-state index contributed by atoms with van der Waals surface area (Å²) in [6, 6.07) is 2.86. The van der Waals surface area contributed by atoms with Crippen molar-refractivity contribution in [1.29, 1.82) is 0 Å². The smallest absolute Gasteiger partial charge is 0.331 e. The van der Waals surface area contributed by atoms with Crippen LogP contribution in [0.1, 0.15) is 12.0 Å². The molecule has 3 rings (SSSR count). The van der Waals surface area contributed by atoms with E-state index in [9.17, 15) is 14.4 Å². The van der Waals surface area contributed by atoms with Crippen molar-refractivity contribution in [2.24, 2.45) is 0 Å². The lowest BCUT2D eigenvalue weighted by molar-refractivity contribution is -0.146. The van der Waals surface area contributed by atoms with Gasteiger partial charge < -0.3 is 19.5 Å². The minimum Gasteiger partial charge on any atom is -0.489 e. The fraction of sp³-hybridized carbons (Fsp3) is 0.353. The lowest BCUT2D eigenvalue weighted by Gasteiger charge is -2.11. The average molecular weight is 381 g/mol. The Morgan fingerprint density at radius 3 is 2.88 bits per heavy atom. The quantitative estimate of drug-likeness (QED) is 0.630. The van der Waals surface area contributed by atoms with Crippen molar-refractivity contribution in [3.05, 3.63) is 28.8 Å². The summed E-state index contributed by atoms with van der Waals surface area (Å²) >= 11 is 6.18. The number of fused-ring (bicyclic) bond motifs is 1. The Hall–Kier alpha value is -2.74. The highest BCUT2D eigenvalue weighted by molar-refractivity contribution is 6.32. The van der Waals surface area contributed by atoms with Crippen molar-refractivity contribution in [2.75, 3.05) is 32.9 Å². The van der Waals surface area contributed by atoms with Gasteiger partial charge in [-0.2, -0.15) is 0 Å². The van der Waals surface area contributed by atoms with Crippen LogP contribution in [0, 0.1) is 0 Å². The van der Waals surface area contributed by atoms with E-state index in [2.05, 4.69) is 5.32 Å². The Kier molecular flexibility index (Phi) is 5.62. The van der Waals surface area contributed by atoms with Gasteiger partial charge >= 0.3 is 12.0 Å². The molecule has 0 bridgehead atoms. The van der Waals surface area contributed by atoms with Crippen LogP contribution in [0.5, 0.6) is 11.5 Å². The van der Waals surface area contributed by atoms with Crippen LogP contribution in [0.15, 0.2) is 18.2 Å². The summed E-state index contributed by atoms with van der Waals surface area (Å²) in [6.07, 6.45) is 3.42. The van der Waals surface area contributed by atoms with Gasteiger partial charge in [0.2, 0.25) is 0 Å². The van der Waals surface area contributed by atoms with Gasteiger partial charge in [0, 0.05) is 25.6 Å². The molecule has 1 fully saturated rings. The van der Waals surface area contributed by atoms with E-state index in [1.54, 1.807) is 12.1 Å². The zero-order valence-electron chi connectivity index (χ0n) is 13.8. The molecule has 138 valence electrons. The molecule has 3 amide bonds. The minimum absolute atomic E-state index is 0.265. The summed E-state index contributed by atoms with van der Waals surface area (Å²) in [4.78, 5) is 35.9. The maximum atomic E-state index is 11.8. The SMILES string of the molecule is O=C(/C=C/c1cc(Cl)c2c(c1)OCCCO2)OCC(=O)N1CCNC1=O. The van der Waals surface area contributed by atoms with E-state index in [1.807, 2.05) is 0 Å². The van der Waals surface area contributed by atoms with Crippen molar-refractivity contribution in [2.45, 2.75) is 6.42 Å². The van der Waals surface area contributed by atoms with Crippen molar-refractivity contribution in [3.63, 3.8) is 0 Å². The molecule has 0 spiro atoms. The molecular weight excluding hydrogens is 364 g/mol. The first-order chi connectivity index (χ1) is 12.5. The van der Waals surface area contributed by atoms with Crippen molar-refractivity contribution in [3.8, 4) is 11.5 Å². The third-order valence-electron chi connectivity index (χ3n) is 3.73. The van der Waals surface area contributed by atoms with E-state index in [-0.39, 0.29) is 6.54 Å². The van der Waals surface area contributed by atoms with Crippen molar-refractivity contribution in [1.82, 2.24) is 10.2 Å². The summed E-state index contributed by atoms with van der Waals surface area (Å²) in [6.45, 7) is 1.20. The zero-order chi connectivity index (χ0) is 18.5. The summed E-state index contributed by atoms with van der Waals surface area (Å²) in [5.74, 6) is -0.279. The van der Waals surface area contributed by atoms with Gasteiger partial charge in [-0.05, 0) is 23.8 Å². The molecule has 0 radical (unpaired) electrons. The molecular formula is C17H17ClN2O6. The normalized spacial score (nSPS) is 16.3. The third-order valence-corrected chi connectivity index (χ3v) is 4.01. The molecule has 1 aromatic rings. The highest BCUT2D eigenvalue weighted by Crippen LogP contribution is 2.38. The Bertz CT molecular complexity index is 764. The van der Waals surface area contributed by atoms with Gasteiger partial charge in [-0.15, -0.1) is 0 Å². The number of esters is 1. The Morgan fingerprint density at radius 1 is 1.31 bits per heavy atom. The molecule has 1 saturated heterocycles. The maximum absolute atomic E-state index is 11.8. The summed E-state index contributed by atoms with van der Waals surface area (Å²) < 4.78 is 16.0. The number of nitrogens with zero attached hydrogens (tertiary/aromatic N) is 1. The maximum Gasteiger partial charge on any atom is 0.331 e. The number of amides is 3. The Balaban J connectivity index is 1.58. The van der Waals surface area contributed by atoms with Crippen LogP contribution in [0.25, 0.3) is 6.08 Å². The van der Waals surface area contributed by atoms with Crippen molar-refractivity contribution >= 4 is 35.6 Å². The van der Waals surface area contributed by atoms with Gasteiger partial charge in [-0.3, -0.25) is 9.69 Å². The lowest BCUT2D eigenvalue weighted by atomic mass is 10.2. The lowest BCUT2D eigenvalue weighted by Crippen LogP contribution is -2.37. The number of hydrogen-bond acceptors (Lipinski definition) is 6. The third kappa shape index (κ3) is 4.26. The first kappa shape index (κ1) is 18.1. The molecule has 2 heterocycles. The van der Waals surface area contributed by atoms with Gasteiger partial charge in [-0.25, -0.2) is 9.59 Å². The summed E-state index contributed by atoms with van der Waals surface area (Å²) in [5.41, 5.74) is 0.626. The van der Waals surface area contributed by atoms with Gasteiger partial charge in [0.25, 0.3) is 5.91 Å². The number of halogens is 1. The number of rotatable bonds is 4. The van der Waals surface area contributed by atoms with Crippen LogP contribution in [0.4, 0.5) is 4.79 Å². The highest BCUT2D eigenvalue weighted by Gasteiger charge is 2.26. The van der Waals surface area contributed by atoms with Crippen molar-refractivity contribution < 1.29 is 28.6 Å². The van der Waals surface area contributed by atoms with Crippen LogP contribution in [0.2, 0.25) is 5.02 Å². The molecule has 0 aliphatic carbocycles. The number of carbonyl (C=O) groups excluding carboxylic acids is 3. The van der Waals surface area contributed by atoms with Crippen LogP contribution in [-0.4, -0.2) is 55.7 Å². The van der Waals surface area contributed by atoms with E-state index in [0.717, 1.165) is 11.3 Å². The standard InChI is InChI=1S/C17H17ClN2O6/c18-12-8-11(9-13-16(12)25-7-1-6-24-13)2-3-15(22)26-10-14(21)20-5-4-19-17(20)23/h2-3,8-9H,1,4-7,10H2,(H,19,23)/b3-2+.